The van der Waals surface area contributed by atoms with E-state index < -0.39 is 0 Å². The van der Waals surface area contributed by atoms with Gasteiger partial charge >= 0.3 is 0 Å². The van der Waals surface area contributed by atoms with Crippen LogP contribution in [0, 0.1) is 0 Å². The SMILES string of the molecule is COc1ccc(C(=O)Cn2cnc3ccccc3c2=O)cc1Br. The van der Waals surface area contributed by atoms with Crippen molar-refractivity contribution in [1.82, 2.24) is 9.55 Å². The molecule has 116 valence electrons. The highest BCUT2D eigenvalue weighted by atomic mass is 79.9. The molecule has 0 bridgehead atoms. The molecule has 0 spiro atoms. The van der Waals surface area contributed by atoms with Gasteiger partial charge in [-0.1, -0.05) is 12.1 Å². The maximum absolute atomic E-state index is 12.4. The van der Waals surface area contributed by atoms with Crippen LogP contribution in [0.1, 0.15) is 10.4 Å². The van der Waals surface area contributed by atoms with E-state index in [-0.39, 0.29) is 17.9 Å². The van der Waals surface area contributed by atoms with E-state index >= 15 is 0 Å². The van der Waals surface area contributed by atoms with Crippen LogP contribution in [0.15, 0.2) is 58.1 Å². The van der Waals surface area contributed by atoms with Crippen LogP contribution in [-0.2, 0) is 6.54 Å². The van der Waals surface area contributed by atoms with Crippen molar-refractivity contribution in [3.05, 3.63) is 69.2 Å². The number of carbonyl (C=O) groups is 1. The lowest BCUT2D eigenvalue weighted by molar-refractivity contribution is 0.0970. The normalized spacial score (nSPS) is 10.7. The number of fused-ring (bicyclic) bond motifs is 1. The smallest absolute Gasteiger partial charge is 0.261 e. The van der Waals surface area contributed by atoms with Crippen molar-refractivity contribution in [2.75, 3.05) is 7.11 Å². The molecule has 0 unspecified atom stereocenters. The zero-order chi connectivity index (χ0) is 16.4. The Bertz CT molecular complexity index is 950. The van der Waals surface area contributed by atoms with Crippen LogP contribution in [0.3, 0.4) is 0 Å². The molecule has 0 fully saturated rings. The zero-order valence-corrected chi connectivity index (χ0v) is 13.9. The molecule has 3 aromatic rings. The molecule has 6 heteroatoms. The summed E-state index contributed by atoms with van der Waals surface area (Å²) >= 11 is 3.35. The zero-order valence-electron chi connectivity index (χ0n) is 12.3. The summed E-state index contributed by atoms with van der Waals surface area (Å²) in [4.78, 5) is 29.0. The van der Waals surface area contributed by atoms with Crippen LogP contribution in [0.2, 0.25) is 0 Å². The topological polar surface area (TPSA) is 61.2 Å². The Morgan fingerprint density at radius 3 is 2.78 bits per heavy atom. The van der Waals surface area contributed by atoms with Gasteiger partial charge in [-0.15, -0.1) is 0 Å². The lowest BCUT2D eigenvalue weighted by atomic mass is 10.1. The fourth-order valence-electron chi connectivity index (χ4n) is 2.30. The molecule has 0 aliphatic rings. The second-order valence-electron chi connectivity index (χ2n) is 4.97. The first kappa shape index (κ1) is 15.4. The number of aromatic nitrogens is 2. The first-order chi connectivity index (χ1) is 11.1. The lowest BCUT2D eigenvalue weighted by Gasteiger charge is -2.08. The van der Waals surface area contributed by atoms with Crippen molar-refractivity contribution in [3.8, 4) is 5.75 Å². The van der Waals surface area contributed by atoms with Gasteiger partial charge in [0.05, 0.1) is 35.4 Å². The van der Waals surface area contributed by atoms with E-state index in [1.807, 2.05) is 6.07 Å². The number of hydrogen-bond acceptors (Lipinski definition) is 4. The maximum atomic E-state index is 12.4. The number of para-hydroxylation sites is 1. The molecule has 1 heterocycles. The number of rotatable bonds is 4. The van der Waals surface area contributed by atoms with Gasteiger partial charge in [0.15, 0.2) is 5.78 Å². The van der Waals surface area contributed by atoms with Gasteiger partial charge in [-0.05, 0) is 46.3 Å². The van der Waals surface area contributed by atoms with E-state index in [0.717, 1.165) is 0 Å². The fourth-order valence-corrected chi connectivity index (χ4v) is 2.85. The van der Waals surface area contributed by atoms with Gasteiger partial charge in [0.25, 0.3) is 5.56 Å². The number of carbonyl (C=O) groups excluding carboxylic acids is 1. The molecule has 3 rings (SSSR count). The van der Waals surface area contributed by atoms with Crippen LogP contribution in [0.25, 0.3) is 10.9 Å². The minimum Gasteiger partial charge on any atom is -0.496 e. The second-order valence-corrected chi connectivity index (χ2v) is 5.82. The molecule has 2 aromatic carbocycles. The highest BCUT2D eigenvalue weighted by molar-refractivity contribution is 9.10. The molecule has 0 amide bonds. The van der Waals surface area contributed by atoms with Gasteiger partial charge < -0.3 is 4.74 Å². The fraction of sp³-hybridized carbons (Fsp3) is 0.118. The standard InChI is InChI=1S/C17H13BrN2O3/c1-23-16-7-6-11(8-13(16)18)15(21)9-20-10-19-14-5-3-2-4-12(14)17(20)22/h2-8,10H,9H2,1H3. The molecular weight excluding hydrogens is 360 g/mol. The number of halogens is 1. The minimum absolute atomic E-state index is 0.0601. The van der Waals surface area contributed by atoms with Crippen molar-refractivity contribution in [2.45, 2.75) is 6.54 Å². The predicted octanol–water partition coefficient (Wildman–Crippen LogP) is 3.05. The Morgan fingerprint density at radius 2 is 2.04 bits per heavy atom. The number of benzene rings is 2. The molecule has 0 aliphatic carbocycles. The van der Waals surface area contributed by atoms with Gasteiger partial charge in [0.2, 0.25) is 0 Å². The molecule has 5 nitrogen and oxygen atoms in total. The third-order valence-corrected chi connectivity index (χ3v) is 4.14. The van der Waals surface area contributed by atoms with Crippen LogP contribution in [-0.4, -0.2) is 22.4 Å². The van der Waals surface area contributed by atoms with Gasteiger partial charge in [-0.25, -0.2) is 4.98 Å². The highest BCUT2D eigenvalue weighted by Gasteiger charge is 2.12. The minimum atomic E-state index is -0.225. The van der Waals surface area contributed by atoms with E-state index in [4.69, 9.17) is 4.74 Å². The summed E-state index contributed by atoms with van der Waals surface area (Å²) in [6.45, 7) is -0.0601. The summed E-state index contributed by atoms with van der Waals surface area (Å²) in [6.07, 6.45) is 1.40. The molecule has 0 atom stereocenters. The number of ketones is 1. The molecule has 0 N–H and O–H groups in total. The average Bonchev–Trinajstić information content (AvgIpc) is 2.57. The van der Waals surface area contributed by atoms with Crippen LogP contribution < -0.4 is 10.3 Å². The van der Waals surface area contributed by atoms with Crippen LogP contribution in [0.5, 0.6) is 5.75 Å². The molecule has 0 radical (unpaired) electrons. The van der Waals surface area contributed by atoms with Crippen molar-refractivity contribution >= 4 is 32.6 Å². The monoisotopic (exact) mass is 372 g/mol. The first-order valence-corrected chi connectivity index (χ1v) is 7.70. The van der Waals surface area contributed by atoms with E-state index in [1.165, 1.54) is 10.9 Å². The first-order valence-electron chi connectivity index (χ1n) is 6.91. The van der Waals surface area contributed by atoms with Gasteiger partial charge in [0.1, 0.15) is 5.75 Å². The summed E-state index contributed by atoms with van der Waals surface area (Å²) in [7, 11) is 1.56. The molecule has 0 saturated heterocycles. The van der Waals surface area contributed by atoms with E-state index in [9.17, 15) is 9.59 Å². The molecule has 0 aliphatic heterocycles. The number of nitrogens with zero attached hydrogens (tertiary/aromatic N) is 2. The Labute approximate surface area is 140 Å². The average molecular weight is 373 g/mol. The quantitative estimate of drug-likeness (QED) is 0.660. The number of hydrogen-bond donors (Lipinski definition) is 0. The summed E-state index contributed by atoms with van der Waals surface area (Å²) in [5, 5.41) is 0.499. The number of ether oxygens (including phenoxy) is 1. The summed E-state index contributed by atoms with van der Waals surface area (Å²) in [6, 6.07) is 12.1. The Hall–Kier alpha value is -2.47. The van der Waals surface area contributed by atoms with Crippen molar-refractivity contribution in [3.63, 3.8) is 0 Å². The van der Waals surface area contributed by atoms with E-state index in [2.05, 4.69) is 20.9 Å². The van der Waals surface area contributed by atoms with Crippen LogP contribution in [0.4, 0.5) is 0 Å². The second kappa shape index (κ2) is 6.34. The molecule has 23 heavy (non-hydrogen) atoms. The summed E-state index contributed by atoms with van der Waals surface area (Å²) in [5.74, 6) is 0.471. The van der Waals surface area contributed by atoms with E-state index in [1.54, 1.807) is 43.5 Å². The van der Waals surface area contributed by atoms with Gasteiger partial charge in [0, 0.05) is 5.56 Å². The summed E-state index contributed by atoms with van der Waals surface area (Å²) in [5.41, 5.74) is 0.891. The van der Waals surface area contributed by atoms with Crippen LogP contribution >= 0.6 is 15.9 Å². The third-order valence-electron chi connectivity index (χ3n) is 3.52. The molecule has 0 saturated carbocycles. The molecular formula is C17H13BrN2O3. The summed E-state index contributed by atoms with van der Waals surface area (Å²) < 4.78 is 7.15. The van der Waals surface area contributed by atoms with Crippen molar-refractivity contribution in [2.24, 2.45) is 0 Å². The lowest BCUT2D eigenvalue weighted by Crippen LogP contribution is -2.24. The van der Waals surface area contributed by atoms with Crippen molar-refractivity contribution < 1.29 is 9.53 Å². The van der Waals surface area contributed by atoms with Gasteiger partial charge in [-0.2, -0.15) is 0 Å². The number of methoxy groups -OCH3 is 1. The predicted molar refractivity (Wildman–Crippen MR) is 91.0 cm³/mol. The maximum Gasteiger partial charge on any atom is 0.261 e. The number of Topliss-reactive ketones (excluding diaryl/α,β-unsaturated/α-hetero) is 1. The largest absolute Gasteiger partial charge is 0.496 e. The third kappa shape index (κ3) is 3.03. The van der Waals surface area contributed by atoms with Crippen molar-refractivity contribution in [1.29, 1.82) is 0 Å². The Kier molecular flexibility index (Phi) is 4.25. The van der Waals surface area contributed by atoms with E-state index in [0.29, 0.717) is 26.7 Å². The highest BCUT2D eigenvalue weighted by Crippen LogP contribution is 2.25. The van der Waals surface area contributed by atoms with Gasteiger partial charge in [-0.3, -0.25) is 14.2 Å². The molecule has 1 aromatic heterocycles. The Morgan fingerprint density at radius 1 is 1.26 bits per heavy atom. The Balaban J connectivity index is 1.93.